The van der Waals surface area contributed by atoms with Gasteiger partial charge < -0.3 is 20.3 Å². The molecule has 1 aliphatic rings. The third-order valence-electron chi connectivity index (χ3n) is 4.40. The Morgan fingerprint density at radius 3 is 2.69 bits per heavy atom. The first kappa shape index (κ1) is 17.7. The van der Waals surface area contributed by atoms with Crippen LogP contribution in [0.5, 0.6) is 11.5 Å². The molecule has 7 nitrogen and oxygen atoms in total. The second kappa shape index (κ2) is 7.43. The Kier molecular flexibility index (Phi) is 5.06. The number of benzene rings is 1. The molecule has 26 heavy (non-hydrogen) atoms. The van der Waals surface area contributed by atoms with Crippen molar-refractivity contribution < 1.29 is 24.5 Å². The summed E-state index contributed by atoms with van der Waals surface area (Å²) in [5.74, 6) is -1.24. The molecule has 0 spiro atoms. The highest BCUT2D eigenvalue weighted by atomic mass is 16.5. The molecule has 1 aromatic carbocycles. The number of carboxylic acid groups (broad SMARTS) is 1. The fourth-order valence-corrected chi connectivity index (χ4v) is 3.16. The van der Waals surface area contributed by atoms with E-state index in [-0.39, 0.29) is 17.5 Å². The molecule has 1 unspecified atom stereocenters. The molecular formula is C19H20N2O5. The molecule has 1 heterocycles. The summed E-state index contributed by atoms with van der Waals surface area (Å²) in [6, 6.07) is 9.54. The Hall–Kier alpha value is -3.09. The highest BCUT2D eigenvalue weighted by Gasteiger charge is 2.28. The maximum Gasteiger partial charge on any atom is 0.322 e. The molecule has 1 aliphatic carbocycles. The summed E-state index contributed by atoms with van der Waals surface area (Å²) in [5.41, 5.74) is 2.07. The van der Waals surface area contributed by atoms with Gasteiger partial charge in [0, 0.05) is 17.7 Å². The van der Waals surface area contributed by atoms with Crippen LogP contribution in [-0.2, 0) is 17.6 Å². The van der Waals surface area contributed by atoms with Crippen LogP contribution in [0.3, 0.4) is 0 Å². The zero-order chi connectivity index (χ0) is 18.7. The number of rotatable bonds is 5. The summed E-state index contributed by atoms with van der Waals surface area (Å²) in [7, 11) is 0. The largest absolute Gasteiger partial charge is 0.505 e. The lowest BCUT2D eigenvalue weighted by Crippen LogP contribution is -2.31. The fourth-order valence-electron chi connectivity index (χ4n) is 3.16. The predicted molar refractivity (Wildman–Crippen MR) is 93.5 cm³/mol. The number of nitrogens with one attached hydrogen (secondary N) is 1. The second-order valence-corrected chi connectivity index (χ2v) is 6.22. The van der Waals surface area contributed by atoms with Crippen LogP contribution >= 0.6 is 0 Å². The van der Waals surface area contributed by atoms with E-state index in [0.717, 1.165) is 11.3 Å². The van der Waals surface area contributed by atoms with E-state index >= 15 is 0 Å². The van der Waals surface area contributed by atoms with Gasteiger partial charge in [-0.15, -0.1) is 0 Å². The maximum absolute atomic E-state index is 12.1. The van der Waals surface area contributed by atoms with Crippen LogP contribution in [0.1, 0.15) is 33.7 Å². The van der Waals surface area contributed by atoms with Gasteiger partial charge in [-0.2, -0.15) is 0 Å². The summed E-state index contributed by atoms with van der Waals surface area (Å²) in [6.07, 6.45) is 1.82. The molecule has 1 atom stereocenters. The van der Waals surface area contributed by atoms with Crippen molar-refractivity contribution in [3.63, 3.8) is 0 Å². The van der Waals surface area contributed by atoms with Gasteiger partial charge in [-0.1, -0.05) is 18.2 Å². The maximum atomic E-state index is 12.1. The first-order valence-electron chi connectivity index (χ1n) is 8.38. The van der Waals surface area contributed by atoms with Gasteiger partial charge in [-0.05, 0) is 37.5 Å². The zero-order valence-corrected chi connectivity index (χ0v) is 14.4. The van der Waals surface area contributed by atoms with E-state index in [1.54, 1.807) is 6.92 Å². The average molecular weight is 356 g/mol. The Morgan fingerprint density at radius 2 is 2.00 bits per heavy atom. The van der Waals surface area contributed by atoms with E-state index in [1.807, 2.05) is 30.3 Å². The van der Waals surface area contributed by atoms with E-state index in [9.17, 15) is 14.7 Å². The minimum atomic E-state index is -1.16. The number of hydrogen-bond acceptors (Lipinski definition) is 5. The van der Waals surface area contributed by atoms with Crippen molar-refractivity contribution in [3.05, 3.63) is 52.8 Å². The van der Waals surface area contributed by atoms with Gasteiger partial charge >= 0.3 is 5.97 Å². The second-order valence-electron chi connectivity index (χ2n) is 6.22. The SMILES string of the molecule is Cc1nc(C(=O)NCC(=O)O)c(O)c2c1CC(Oc1ccccc1)CC2. The van der Waals surface area contributed by atoms with Gasteiger partial charge in [0.05, 0.1) is 0 Å². The third kappa shape index (κ3) is 3.77. The average Bonchev–Trinajstić information content (AvgIpc) is 2.63. The van der Waals surface area contributed by atoms with E-state index in [0.29, 0.717) is 30.5 Å². The number of amides is 1. The van der Waals surface area contributed by atoms with Gasteiger partial charge in [0.1, 0.15) is 24.1 Å². The summed E-state index contributed by atoms with van der Waals surface area (Å²) >= 11 is 0. The number of nitrogens with zero attached hydrogens (tertiary/aromatic N) is 1. The van der Waals surface area contributed by atoms with Gasteiger partial charge in [-0.3, -0.25) is 9.59 Å². The minimum Gasteiger partial charge on any atom is -0.505 e. The number of aromatic hydroxyl groups is 1. The molecule has 7 heteroatoms. The number of para-hydroxylation sites is 1. The number of pyridine rings is 1. The number of aromatic nitrogens is 1. The van der Waals surface area contributed by atoms with Crippen LogP contribution in [0.4, 0.5) is 0 Å². The van der Waals surface area contributed by atoms with Gasteiger partial charge in [0.15, 0.2) is 5.69 Å². The van der Waals surface area contributed by atoms with Crippen LogP contribution in [0.15, 0.2) is 30.3 Å². The molecule has 2 aromatic rings. The predicted octanol–water partition coefficient (Wildman–Crippen LogP) is 1.85. The van der Waals surface area contributed by atoms with Crippen LogP contribution in [-0.4, -0.2) is 39.7 Å². The third-order valence-corrected chi connectivity index (χ3v) is 4.40. The lowest BCUT2D eigenvalue weighted by molar-refractivity contribution is -0.135. The number of carboxylic acids is 1. The standard InChI is InChI=1S/C19H20N2O5/c1-11-15-9-13(26-12-5-3-2-4-6-12)7-8-14(15)18(24)17(21-11)19(25)20-10-16(22)23/h2-6,13,24H,7-10H2,1H3,(H,20,25)(H,22,23). The molecule has 0 aliphatic heterocycles. The van der Waals surface area contributed by atoms with Crippen LogP contribution in [0.25, 0.3) is 0 Å². The molecule has 1 aromatic heterocycles. The van der Waals surface area contributed by atoms with Gasteiger partial charge in [-0.25, -0.2) is 4.98 Å². The molecule has 0 fully saturated rings. The highest BCUT2D eigenvalue weighted by molar-refractivity contribution is 5.97. The molecule has 3 rings (SSSR count). The van der Waals surface area contributed by atoms with Gasteiger partial charge in [0.2, 0.25) is 0 Å². The number of aliphatic carboxylic acids is 1. The van der Waals surface area contributed by atoms with Crippen molar-refractivity contribution in [2.45, 2.75) is 32.3 Å². The van der Waals surface area contributed by atoms with Crippen molar-refractivity contribution in [3.8, 4) is 11.5 Å². The van der Waals surface area contributed by atoms with E-state index in [2.05, 4.69) is 10.3 Å². The van der Waals surface area contributed by atoms with Crippen molar-refractivity contribution in [1.29, 1.82) is 0 Å². The van der Waals surface area contributed by atoms with Crippen LogP contribution < -0.4 is 10.1 Å². The van der Waals surface area contributed by atoms with Crippen molar-refractivity contribution in [1.82, 2.24) is 10.3 Å². The van der Waals surface area contributed by atoms with Crippen molar-refractivity contribution in [2.24, 2.45) is 0 Å². The van der Waals surface area contributed by atoms with E-state index in [4.69, 9.17) is 9.84 Å². The molecule has 1 amide bonds. The smallest absolute Gasteiger partial charge is 0.322 e. The zero-order valence-electron chi connectivity index (χ0n) is 14.4. The van der Waals surface area contributed by atoms with Crippen molar-refractivity contribution in [2.75, 3.05) is 6.54 Å². The molecule has 0 saturated carbocycles. The number of ether oxygens (including phenoxy) is 1. The molecular weight excluding hydrogens is 336 g/mol. The summed E-state index contributed by atoms with van der Waals surface area (Å²) < 4.78 is 6.00. The first-order chi connectivity index (χ1) is 12.5. The molecule has 3 N–H and O–H groups in total. The summed E-state index contributed by atoms with van der Waals surface area (Å²) in [4.78, 5) is 26.9. The Balaban J connectivity index is 1.80. The van der Waals surface area contributed by atoms with Gasteiger partial charge in [0.25, 0.3) is 5.91 Å². The lowest BCUT2D eigenvalue weighted by Gasteiger charge is -2.27. The first-order valence-corrected chi connectivity index (χ1v) is 8.38. The lowest BCUT2D eigenvalue weighted by atomic mass is 9.87. The van der Waals surface area contributed by atoms with Crippen molar-refractivity contribution >= 4 is 11.9 Å². The molecule has 0 saturated heterocycles. The van der Waals surface area contributed by atoms with E-state index in [1.165, 1.54) is 0 Å². The fraction of sp³-hybridized carbons (Fsp3) is 0.316. The Morgan fingerprint density at radius 1 is 1.27 bits per heavy atom. The Bertz CT molecular complexity index is 836. The molecule has 136 valence electrons. The monoisotopic (exact) mass is 356 g/mol. The van der Waals surface area contributed by atoms with Crippen LogP contribution in [0, 0.1) is 6.92 Å². The van der Waals surface area contributed by atoms with Crippen LogP contribution in [0.2, 0.25) is 0 Å². The quantitative estimate of drug-likeness (QED) is 0.754. The molecule has 0 bridgehead atoms. The molecule has 0 radical (unpaired) electrons. The number of fused-ring (bicyclic) bond motifs is 1. The number of carbonyl (C=O) groups excluding carboxylic acids is 1. The summed E-state index contributed by atoms with van der Waals surface area (Å²) in [6.45, 7) is 1.25. The Labute approximate surface area is 150 Å². The number of aryl methyl sites for hydroxylation is 1. The normalized spacial score (nSPS) is 15.8. The number of carbonyl (C=O) groups is 2. The number of hydrogen-bond donors (Lipinski definition) is 3. The summed E-state index contributed by atoms with van der Waals surface area (Å²) in [5, 5.41) is 21.4. The minimum absolute atomic E-state index is 0.0310. The topological polar surface area (TPSA) is 109 Å². The van der Waals surface area contributed by atoms with E-state index < -0.39 is 18.4 Å². The highest BCUT2D eigenvalue weighted by Crippen LogP contribution is 2.34.